The molecule has 1 unspecified atom stereocenters. The summed E-state index contributed by atoms with van der Waals surface area (Å²) >= 11 is 0. The zero-order chi connectivity index (χ0) is 14.0. The van der Waals surface area contributed by atoms with Crippen molar-refractivity contribution in [1.82, 2.24) is 4.90 Å². The van der Waals surface area contributed by atoms with Gasteiger partial charge >= 0.3 is 12.1 Å². The van der Waals surface area contributed by atoms with Crippen molar-refractivity contribution in [3.05, 3.63) is 29.8 Å². The van der Waals surface area contributed by atoms with Crippen LogP contribution >= 0.6 is 0 Å². The maximum atomic E-state index is 12.5. The van der Waals surface area contributed by atoms with Crippen molar-refractivity contribution < 1.29 is 22.7 Å². The standard InChI is InChI=1S/C13H14F3NO2/c1-19-10-6-4-9(5-7-10)11-3-2-8-17(11)12(18)13(14,15)16/h4-7,11H,2-3,8H2,1H3. The summed E-state index contributed by atoms with van der Waals surface area (Å²) in [5.74, 6) is -1.12. The zero-order valence-corrected chi connectivity index (χ0v) is 10.4. The molecule has 0 aliphatic carbocycles. The fourth-order valence-electron chi connectivity index (χ4n) is 2.35. The molecular formula is C13H14F3NO2. The van der Waals surface area contributed by atoms with E-state index in [0.717, 1.165) is 4.90 Å². The summed E-state index contributed by atoms with van der Waals surface area (Å²) in [6, 6.07) is 6.27. The molecule has 6 heteroatoms. The molecular weight excluding hydrogens is 259 g/mol. The van der Waals surface area contributed by atoms with Gasteiger partial charge in [0.25, 0.3) is 0 Å². The lowest BCUT2D eigenvalue weighted by molar-refractivity contribution is -0.186. The molecule has 0 aromatic heterocycles. The number of halogens is 3. The number of carbonyl (C=O) groups is 1. The van der Waals surface area contributed by atoms with Crippen LogP contribution in [0.15, 0.2) is 24.3 Å². The first-order chi connectivity index (χ1) is 8.93. The van der Waals surface area contributed by atoms with Gasteiger partial charge in [-0.1, -0.05) is 12.1 Å². The number of alkyl halides is 3. The molecule has 2 rings (SSSR count). The van der Waals surface area contributed by atoms with Crippen molar-refractivity contribution in [3.63, 3.8) is 0 Å². The Bertz CT molecular complexity index is 456. The summed E-state index contributed by atoms with van der Waals surface area (Å²) in [5.41, 5.74) is 0.705. The molecule has 1 saturated heterocycles. The van der Waals surface area contributed by atoms with E-state index in [1.54, 1.807) is 24.3 Å². The highest BCUT2D eigenvalue weighted by molar-refractivity contribution is 5.82. The second kappa shape index (κ2) is 5.11. The Morgan fingerprint density at radius 3 is 2.47 bits per heavy atom. The fraction of sp³-hybridized carbons (Fsp3) is 0.462. The molecule has 1 aromatic carbocycles. The Hall–Kier alpha value is -1.72. The zero-order valence-electron chi connectivity index (χ0n) is 10.4. The van der Waals surface area contributed by atoms with Gasteiger partial charge in [0.05, 0.1) is 13.2 Å². The average Bonchev–Trinajstić information content (AvgIpc) is 2.85. The summed E-state index contributed by atoms with van der Waals surface area (Å²) in [6.07, 6.45) is -3.68. The number of rotatable bonds is 2. The van der Waals surface area contributed by atoms with Crippen molar-refractivity contribution in [2.24, 2.45) is 0 Å². The fourth-order valence-corrected chi connectivity index (χ4v) is 2.35. The van der Waals surface area contributed by atoms with Crippen molar-refractivity contribution in [1.29, 1.82) is 0 Å². The summed E-state index contributed by atoms with van der Waals surface area (Å²) in [4.78, 5) is 12.3. The minimum atomic E-state index is -4.81. The van der Waals surface area contributed by atoms with E-state index >= 15 is 0 Å². The van der Waals surface area contributed by atoms with E-state index in [0.29, 0.717) is 24.2 Å². The van der Waals surface area contributed by atoms with Gasteiger partial charge in [0, 0.05) is 6.54 Å². The molecule has 0 spiro atoms. The third-order valence-corrected chi connectivity index (χ3v) is 3.26. The number of hydrogen-bond donors (Lipinski definition) is 0. The summed E-state index contributed by atoms with van der Waals surface area (Å²) in [6.45, 7) is 0.148. The second-order valence-electron chi connectivity index (χ2n) is 4.43. The first kappa shape index (κ1) is 13.7. The van der Waals surface area contributed by atoms with Crippen LogP contribution in [0.4, 0.5) is 13.2 Å². The van der Waals surface area contributed by atoms with Gasteiger partial charge in [-0.3, -0.25) is 4.79 Å². The molecule has 0 saturated carbocycles. The van der Waals surface area contributed by atoms with Crippen LogP contribution in [0.1, 0.15) is 24.4 Å². The maximum Gasteiger partial charge on any atom is 0.471 e. The Balaban J connectivity index is 2.20. The van der Waals surface area contributed by atoms with E-state index in [1.807, 2.05) is 0 Å². The lowest BCUT2D eigenvalue weighted by Crippen LogP contribution is -2.40. The molecule has 1 aliphatic rings. The van der Waals surface area contributed by atoms with Crippen molar-refractivity contribution in [3.8, 4) is 5.75 Å². The topological polar surface area (TPSA) is 29.5 Å². The van der Waals surface area contributed by atoms with Gasteiger partial charge < -0.3 is 9.64 Å². The van der Waals surface area contributed by atoms with E-state index < -0.39 is 18.1 Å². The monoisotopic (exact) mass is 273 g/mol. The summed E-state index contributed by atoms with van der Waals surface area (Å²) < 4.78 is 42.5. The van der Waals surface area contributed by atoms with Crippen LogP contribution in [0, 0.1) is 0 Å². The van der Waals surface area contributed by atoms with Crippen LogP contribution < -0.4 is 4.74 Å². The molecule has 0 bridgehead atoms. The van der Waals surface area contributed by atoms with Gasteiger partial charge in [0.2, 0.25) is 0 Å². The Labute approximate surface area is 109 Å². The molecule has 1 aromatic rings. The van der Waals surface area contributed by atoms with E-state index in [4.69, 9.17) is 4.74 Å². The van der Waals surface area contributed by atoms with Gasteiger partial charge in [-0.2, -0.15) is 13.2 Å². The smallest absolute Gasteiger partial charge is 0.471 e. The van der Waals surface area contributed by atoms with E-state index in [-0.39, 0.29) is 6.54 Å². The normalized spacial score (nSPS) is 19.6. The van der Waals surface area contributed by atoms with Gasteiger partial charge in [0.15, 0.2) is 0 Å². The van der Waals surface area contributed by atoms with Crippen LogP contribution in [0.3, 0.4) is 0 Å². The van der Waals surface area contributed by atoms with Crippen LogP contribution in [0.2, 0.25) is 0 Å². The van der Waals surface area contributed by atoms with Crippen LogP contribution in [0.5, 0.6) is 5.75 Å². The number of methoxy groups -OCH3 is 1. The highest BCUT2D eigenvalue weighted by Gasteiger charge is 2.46. The minimum Gasteiger partial charge on any atom is -0.497 e. The Kier molecular flexibility index (Phi) is 3.68. The summed E-state index contributed by atoms with van der Waals surface area (Å²) in [5, 5.41) is 0. The van der Waals surface area contributed by atoms with E-state index in [2.05, 4.69) is 0 Å². The number of carbonyl (C=O) groups excluding carboxylic acids is 1. The van der Waals surface area contributed by atoms with Crippen LogP contribution in [0.25, 0.3) is 0 Å². The molecule has 1 fully saturated rings. The van der Waals surface area contributed by atoms with Gasteiger partial charge in [-0.25, -0.2) is 0 Å². The molecule has 0 radical (unpaired) electrons. The second-order valence-corrected chi connectivity index (χ2v) is 4.43. The maximum absolute atomic E-state index is 12.5. The largest absolute Gasteiger partial charge is 0.497 e. The van der Waals surface area contributed by atoms with Gasteiger partial charge in [-0.15, -0.1) is 0 Å². The number of nitrogens with zero attached hydrogens (tertiary/aromatic N) is 1. The van der Waals surface area contributed by atoms with Crippen molar-refractivity contribution in [2.45, 2.75) is 25.1 Å². The van der Waals surface area contributed by atoms with E-state index in [1.165, 1.54) is 7.11 Å². The molecule has 19 heavy (non-hydrogen) atoms. The SMILES string of the molecule is COc1ccc(C2CCCN2C(=O)C(F)(F)F)cc1. The summed E-state index contributed by atoms with van der Waals surface area (Å²) in [7, 11) is 1.52. The Morgan fingerprint density at radius 1 is 1.32 bits per heavy atom. The molecule has 0 N–H and O–H groups in total. The lowest BCUT2D eigenvalue weighted by atomic mass is 10.0. The quantitative estimate of drug-likeness (QED) is 0.829. The first-order valence-electron chi connectivity index (χ1n) is 5.95. The number of benzene rings is 1. The molecule has 1 aliphatic heterocycles. The number of amides is 1. The number of likely N-dealkylation sites (tertiary alicyclic amines) is 1. The van der Waals surface area contributed by atoms with Crippen molar-refractivity contribution >= 4 is 5.91 Å². The Morgan fingerprint density at radius 2 is 1.95 bits per heavy atom. The molecule has 1 atom stereocenters. The molecule has 104 valence electrons. The number of ether oxygens (including phenoxy) is 1. The van der Waals surface area contributed by atoms with Crippen LogP contribution in [-0.2, 0) is 4.79 Å². The van der Waals surface area contributed by atoms with Gasteiger partial charge in [0.1, 0.15) is 5.75 Å². The highest BCUT2D eigenvalue weighted by atomic mass is 19.4. The third kappa shape index (κ3) is 2.83. The van der Waals surface area contributed by atoms with Gasteiger partial charge in [-0.05, 0) is 30.5 Å². The third-order valence-electron chi connectivity index (χ3n) is 3.26. The minimum absolute atomic E-state index is 0.148. The number of hydrogen-bond acceptors (Lipinski definition) is 2. The van der Waals surface area contributed by atoms with Crippen molar-refractivity contribution in [2.75, 3.05) is 13.7 Å². The first-order valence-corrected chi connectivity index (χ1v) is 5.95. The average molecular weight is 273 g/mol. The van der Waals surface area contributed by atoms with Crippen LogP contribution in [-0.4, -0.2) is 30.6 Å². The highest BCUT2D eigenvalue weighted by Crippen LogP contribution is 2.35. The molecule has 1 heterocycles. The van der Waals surface area contributed by atoms with E-state index in [9.17, 15) is 18.0 Å². The molecule has 3 nitrogen and oxygen atoms in total. The lowest BCUT2D eigenvalue weighted by Gasteiger charge is -2.26. The predicted molar refractivity (Wildman–Crippen MR) is 62.7 cm³/mol. The predicted octanol–water partition coefficient (Wildman–Crippen LogP) is 2.92. The molecule has 1 amide bonds.